The highest BCUT2D eigenvalue weighted by Crippen LogP contribution is 2.27. The molecule has 12 heavy (non-hydrogen) atoms. The highest BCUT2D eigenvalue weighted by molar-refractivity contribution is 5.41. The summed E-state index contributed by atoms with van der Waals surface area (Å²) < 4.78 is 5.19. The molecule has 0 N–H and O–H groups in total. The molecule has 0 atom stereocenters. The van der Waals surface area contributed by atoms with Gasteiger partial charge in [0.1, 0.15) is 11.5 Å². The molecule has 2 heteroatoms. The van der Waals surface area contributed by atoms with Crippen LogP contribution in [0.15, 0.2) is 17.2 Å². The Balaban J connectivity index is 2.95. The Kier molecular flexibility index (Phi) is 2.36. The van der Waals surface area contributed by atoms with Crippen LogP contribution in [0.25, 0.3) is 6.08 Å². The van der Waals surface area contributed by atoms with Gasteiger partial charge in [-0.1, -0.05) is 32.5 Å². The normalized spacial score (nSPS) is 11.6. The van der Waals surface area contributed by atoms with Crippen LogP contribution in [0, 0.1) is 0 Å². The lowest BCUT2D eigenvalue weighted by atomic mass is 9.87. The first-order chi connectivity index (χ1) is 5.60. The Bertz CT molecular complexity index is 273. The van der Waals surface area contributed by atoms with Crippen molar-refractivity contribution in [2.45, 2.75) is 32.6 Å². The van der Waals surface area contributed by atoms with Crippen molar-refractivity contribution in [3.8, 4) is 0 Å². The Morgan fingerprint density at radius 3 is 2.75 bits per heavy atom. The lowest BCUT2D eigenvalue weighted by Crippen LogP contribution is -2.13. The fourth-order valence-electron chi connectivity index (χ4n) is 0.878. The maximum atomic E-state index is 5.19. The summed E-state index contributed by atoms with van der Waals surface area (Å²) in [6, 6.07) is 1.94. The molecule has 0 radical (unpaired) electrons. The van der Waals surface area contributed by atoms with Crippen LogP contribution in [-0.2, 0) is 5.41 Å². The molecule has 0 spiro atoms. The molecule has 0 aliphatic heterocycles. The maximum absolute atomic E-state index is 5.19. The molecule has 0 fully saturated rings. The van der Waals surface area contributed by atoms with Crippen molar-refractivity contribution in [1.82, 2.24) is 5.16 Å². The molecule has 0 bridgehead atoms. The second-order valence-corrected chi connectivity index (χ2v) is 3.56. The molecule has 0 saturated heterocycles. The minimum absolute atomic E-state index is 0.0776. The summed E-state index contributed by atoms with van der Waals surface area (Å²) in [5.74, 6) is 0.930. The van der Waals surface area contributed by atoms with E-state index >= 15 is 0 Å². The molecule has 0 aromatic carbocycles. The largest absolute Gasteiger partial charge is 0.360 e. The van der Waals surface area contributed by atoms with Gasteiger partial charge in [-0.3, -0.25) is 0 Å². The first kappa shape index (κ1) is 9.04. The summed E-state index contributed by atoms with van der Waals surface area (Å²) in [5.41, 5.74) is 0.889. The van der Waals surface area contributed by atoms with Crippen LogP contribution in [-0.4, -0.2) is 5.16 Å². The second-order valence-electron chi connectivity index (χ2n) is 3.56. The predicted octanol–water partition coefficient (Wildman–Crippen LogP) is 3.01. The lowest BCUT2D eigenvalue weighted by molar-refractivity contribution is 0.310. The van der Waals surface area contributed by atoms with E-state index in [4.69, 9.17) is 4.52 Å². The Hall–Kier alpha value is -1.05. The van der Waals surface area contributed by atoms with Gasteiger partial charge >= 0.3 is 0 Å². The monoisotopic (exact) mass is 165 g/mol. The van der Waals surface area contributed by atoms with E-state index in [0.717, 1.165) is 17.9 Å². The molecular formula is C10H15NO. The smallest absolute Gasteiger partial charge is 0.142 e. The topological polar surface area (TPSA) is 26.0 Å². The molecule has 1 heterocycles. The second kappa shape index (κ2) is 3.13. The summed E-state index contributed by atoms with van der Waals surface area (Å²) in [4.78, 5) is 0. The molecule has 0 aliphatic carbocycles. The van der Waals surface area contributed by atoms with Crippen LogP contribution in [0.5, 0.6) is 0 Å². The van der Waals surface area contributed by atoms with E-state index in [1.54, 1.807) is 6.08 Å². The van der Waals surface area contributed by atoms with E-state index in [1.807, 2.05) is 6.07 Å². The summed E-state index contributed by atoms with van der Waals surface area (Å²) in [5, 5.41) is 3.86. The molecule has 1 aromatic heterocycles. The zero-order valence-corrected chi connectivity index (χ0v) is 7.92. The molecule has 1 rings (SSSR count). The van der Waals surface area contributed by atoms with Crippen LogP contribution >= 0.6 is 0 Å². The molecule has 0 amide bonds. The van der Waals surface area contributed by atoms with Gasteiger partial charge in [-0.2, -0.15) is 0 Å². The standard InChI is InChI=1S/C10H15NO/c1-5-8-7-9(12-11-8)10(3,4)6-2/h5,7H,1,6H2,2-4H3. The third-order valence-corrected chi connectivity index (χ3v) is 2.29. The van der Waals surface area contributed by atoms with Crippen molar-refractivity contribution in [1.29, 1.82) is 0 Å². The number of hydrogen-bond acceptors (Lipinski definition) is 2. The van der Waals surface area contributed by atoms with Crippen molar-refractivity contribution in [3.63, 3.8) is 0 Å². The van der Waals surface area contributed by atoms with Gasteiger partial charge in [0.05, 0.1) is 0 Å². The van der Waals surface area contributed by atoms with E-state index in [9.17, 15) is 0 Å². The van der Waals surface area contributed by atoms with Gasteiger partial charge in [0.2, 0.25) is 0 Å². The zero-order valence-electron chi connectivity index (χ0n) is 7.92. The fourth-order valence-corrected chi connectivity index (χ4v) is 0.878. The highest BCUT2D eigenvalue weighted by atomic mass is 16.5. The molecule has 0 aliphatic rings. The lowest BCUT2D eigenvalue weighted by Gasteiger charge is -2.17. The van der Waals surface area contributed by atoms with E-state index in [1.165, 1.54) is 0 Å². The van der Waals surface area contributed by atoms with Gasteiger partial charge in [-0.25, -0.2) is 0 Å². The van der Waals surface area contributed by atoms with Gasteiger partial charge in [0.15, 0.2) is 0 Å². The van der Waals surface area contributed by atoms with Crippen molar-refractivity contribution in [3.05, 3.63) is 24.1 Å². The molecule has 0 saturated carbocycles. The summed E-state index contributed by atoms with van der Waals surface area (Å²) in [6.45, 7) is 10.0. The predicted molar refractivity (Wildman–Crippen MR) is 49.9 cm³/mol. The summed E-state index contributed by atoms with van der Waals surface area (Å²) in [6.07, 6.45) is 2.73. The average molecular weight is 165 g/mol. The zero-order chi connectivity index (χ0) is 9.19. The van der Waals surface area contributed by atoms with E-state index in [2.05, 4.69) is 32.5 Å². The molecule has 1 aromatic rings. The fraction of sp³-hybridized carbons (Fsp3) is 0.500. The number of hydrogen-bond donors (Lipinski definition) is 0. The molecule has 66 valence electrons. The van der Waals surface area contributed by atoms with Crippen LogP contribution < -0.4 is 0 Å². The number of nitrogens with zero attached hydrogens (tertiary/aromatic N) is 1. The third kappa shape index (κ3) is 1.58. The first-order valence-electron chi connectivity index (χ1n) is 4.20. The minimum Gasteiger partial charge on any atom is -0.360 e. The summed E-state index contributed by atoms with van der Waals surface area (Å²) >= 11 is 0. The van der Waals surface area contributed by atoms with Crippen LogP contribution in [0.2, 0.25) is 0 Å². The van der Waals surface area contributed by atoms with Gasteiger partial charge in [-0.15, -0.1) is 0 Å². The number of aromatic nitrogens is 1. The Labute approximate surface area is 73.3 Å². The van der Waals surface area contributed by atoms with Crippen LogP contribution in [0.4, 0.5) is 0 Å². The SMILES string of the molecule is C=Cc1cc(C(C)(C)CC)on1. The van der Waals surface area contributed by atoms with Gasteiger partial charge in [0.25, 0.3) is 0 Å². The van der Waals surface area contributed by atoms with Crippen LogP contribution in [0.3, 0.4) is 0 Å². The van der Waals surface area contributed by atoms with Gasteiger partial charge < -0.3 is 4.52 Å². The molecular weight excluding hydrogens is 150 g/mol. The Morgan fingerprint density at radius 1 is 1.67 bits per heavy atom. The maximum Gasteiger partial charge on any atom is 0.142 e. The molecule has 0 unspecified atom stereocenters. The van der Waals surface area contributed by atoms with Crippen LogP contribution in [0.1, 0.15) is 38.6 Å². The quantitative estimate of drug-likeness (QED) is 0.688. The van der Waals surface area contributed by atoms with E-state index in [-0.39, 0.29) is 5.41 Å². The first-order valence-corrected chi connectivity index (χ1v) is 4.20. The van der Waals surface area contributed by atoms with Gasteiger partial charge in [-0.05, 0) is 12.5 Å². The van der Waals surface area contributed by atoms with Crippen molar-refractivity contribution < 1.29 is 4.52 Å². The third-order valence-electron chi connectivity index (χ3n) is 2.29. The highest BCUT2D eigenvalue weighted by Gasteiger charge is 2.22. The van der Waals surface area contributed by atoms with E-state index in [0.29, 0.717) is 0 Å². The summed E-state index contributed by atoms with van der Waals surface area (Å²) in [7, 11) is 0. The van der Waals surface area contributed by atoms with Crippen molar-refractivity contribution in [2.75, 3.05) is 0 Å². The Morgan fingerprint density at radius 2 is 2.33 bits per heavy atom. The average Bonchev–Trinajstić information content (AvgIpc) is 2.52. The van der Waals surface area contributed by atoms with Crippen molar-refractivity contribution >= 4 is 6.08 Å². The molecule has 2 nitrogen and oxygen atoms in total. The van der Waals surface area contributed by atoms with E-state index < -0.39 is 0 Å². The van der Waals surface area contributed by atoms with Crippen molar-refractivity contribution in [2.24, 2.45) is 0 Å². The number of rotatable bonds is 3. The van der Waals surface area contributed by atoms with Gasteiger partial charge in [0, 0.05) is 11.5 Å². The minimum atomic E-state index is 0.0776.